The minimum Gasteiger partial charge on any atom is -0.440 e. The maximum absolute atomic E-state index is 10.5. The largest absolute Gasteiger partial charge is 0.440 e. The summed E-state index contributed by atoms with van der Waals surface area (Å²) in [6.45, 7) is 0. The number of thiocarbonyl (C=S) groups is 1. The number of carbonyl (C=O) groups excluding carboxylic acids is 1. The van der Waals surface area contributed by atoms with Crippen LogP contribution in [0.1, 0.15) is 0 Å². The van der Waals surface area contributed by atoms with E-state index >= 15 is 0 Å². The number of hydrogen-bond donors (Lipinski definition) is 1. The first-order valence-corrected chi connectivity index (χ1v) is 3.67. The smallest absolute Gasteiger partial charge is 0.296 e. The predicted octanol–water partition coefficient (Wildman–Crippen LogP) is 0.878. The Kier molecular flexibility index (Phi) is 2.76. The van der Waals surface area contributed by atoms with Crippen LogP contribution in [-0.2, 0) is 4.79 Å². The van der Waals surface area contributed by atoms with Crippen molar-refractivity contribution in [3.05, 3.63) is 30.3 Å². The first-order valence-electron chi connectivity index (χ1n) is 3.27. The summed E-state index contributed by atoms with van der Waals surface area (Å²) in [6.07, 6.45) is 0. The molecule has 3 nitrogen and oxygen atoms in total. The van der Waals surface area contributed by atoms with Gasteiger partial charge in [-0.25, -0.2) is 0 Å². The molecule has 0 fully saturated rings. The summed E-state index contributed by atoms with van der Waals surface area (Å²) in [7, 11) is 0. The number of primary amides is 1. The molecule has 0 saturated heterocycles. The van der Waals surface area contributed by atoms with Gasteiger partial charge in [0, 0.05) is 0 Å². The van der Waals surface area contributed by atoms with Gasteiger partial charge in [-0.2, -0.15) is 0 Å². The van der Waals surface area contributed by atoms with Gasteiger partial charge in [0.05, 0.1) is 0 Å². The lowest BCUT2D eigenvalue weighted by atomic mass is 10.3. The minimum atomic E-state index is -0.728. The van der Waals surface area contributed by atoms with Gasteiger partial charge in [-0.1, -0.05) is 18.2 Å². The van der Waals surface area contributed by atoms with Crippen molar-refractivity contribution in [1.29, 1.82) is 0 Å². The van der Waals surface area contributed by atoms with E-state index in [0.29, 0.717) is 5.75 Å². The summed E-state index contributed by atoms with van der Waals surface area (Å²) in [5, 5.41) is -0.221. The van der Waals surface area contributed by atoms with Crippen molar-refractivity contribution >= 4 is 23.2 Å². The summed E-state index contributed by atoms with van der Waals surface area (Å²) < 4.78 is 4.93. The molecule has 1 aromatic rings. The monoisotopic (exact) mass is 181 g/mol. The summed E-state index contributed by atoms with van der Waals surface area (Å²) in [5.74, 6) is -0.213. The first kappa shape index (κ1) is 8.67. The number of ether oxygens (including phenoxy) is 1. The zero-order valence-corrected chi connectivity index (χ0v) is 7.01. The van der Waals surface area contributed by atoms with Crippen LogP contribution in [0.15, 0.2) is 30.3 Å². The quantitative estimate of drug-likeness (QED) is 0.654. The molecular weight excluding hydrogens is 174 g/mol. The van der Waals surface area contributed by atoms with E-state index in [9.17, 15) is 4.79 Å². The second kappa shape index (κ2) is 3.82. The van der Waals surface area contributed by atoms with Crippen molar-refractivity contribution in [3.63, 3.8) is 0 Å². The van der Waals surface area contributed by atoms with E-state index in [2.05, 4.69) is 12.2 Å². The number of amides is 1. The number of hydrogen-bond acceptors (Lipinski definition) is 3. The van der Waals surface area contributed by atoms with Crippen LogP contribution < -0.4 is 10.5 Å². The number of carbonyl (C=O) groups is 1. The average Bonchev–Trinajstić information content (AvgIpc) is 2.06. The van der Waals surface area contributed by atoms with Gasteiger partial charge in [-0.05, 0) is 24.4 Å². The van der Waals surface area contributed by atoms with E-state index < -0.39 is 5.91 Å². The third kappa shape index (κ3) is 2.32. The lowest BCUT2D eigenvalue weighted by Gasteiger charge is -2.01. The first-order chi connectivity index (χ1) is 5.70. The fourth-order valence-corrected chi connectivity index (χ4v) is 0.742. The average molecular weight is 181 g/mol. The van der Waals surface area contributed by atoms with Gasteiger partial charge in [0.15, 0.2) is 0 Å². The van der Waals surface area contributed by atoms with Crippen LogP contribution in [0.5, 0.6) is 5.75 Å². The summed E-state index contributed by atoms with van der Waals surface area (Å²) in [6, 6.07) is 8.77. The minimum absolute atomic E-state index is 0.221. The SMILES string of the molecule is NC(=O)C(=S)Oc1ccccc1. The van der Waals surface area contributed by atoms with Crippen molar-refractivity contribution in [3.8, 4) is 5.75 Å². The molecule has 0 saturated carbocycles. The molecule has 0 unspecified atom stereocenters. The Bertz CT molecular complexity index is 297. The normalized spacial score (nSPS) is 9.00. The number of nitrogens with two attached hydrogens (primary N) is 1. The molecule has 0 atom stereocenters. The van der Waals surface area contributed by atoms with Crippen LogP contribution in [0, 0.1) is 0 Å². The Morgan fingerprint density at radius 3 is 2.42 bits per heavy atom. The Morgan fingerprint density at radius 2 is 1.92 bits per heavy atom. The predicted molar refractivity (Wildman–Crippen MR) is 48.9 cm³/mol. The molecule has 0 aliphatic carbocycles. The van der Waals surface area contributed by atoms with Crippen LogP contribution in [0.3, 0.4) is 0 Å². The number of benzene rings is 1. The highest BCUT2D eigenvalue weighted by molar-refractivity contribution is 7.81. The third-order valence-electron chi connectivity index (χ3n) is 1.15. The van der Waals surface area contributed by atoms with Gasteiger partial charge in [0.25, 0.3) is 11.0 Å². The fraction of sp³-hybridized carbons (Fsp3) is 0. The molecule has 1 aromatic carbocycles. The lowest BCUT2D eigenvalue weighted by molar-refractivity contribution is -0.112. The van der Waals surface area contributed by atoms with Crippen LogP contribution in [0.25, 0.3) is 0 Å². The van der Waals surface area contributed by atoms with Crippen molar-refractivity contribution in [2.24, 2.45) is 5.73 Å². The highest BCUT2D eigenvalue weighted by Gasteiger charge is 2.05. The fourth-order valence-electron chi connectivity index (χ4n) is 0.646. The molecule has 0 bridgehead atoms. The van der Waals surface area contributed by atoms with Crippen LogP contribution in [-0.4, -0.2) is 11.0 Å². The van der Waals surface area contributed by atoms with E-state index in [1.165, 1.54) is 0 Å². The molecule has 4 heteroatoms. The maximum Gasteiger partial charge on any atom is 0.296 e. The van der Waals surface area contributed by atoms with Gasteiger partial charge in [0.1, 0.15) is 5.75 Å². The van der Waals surface area contributed by atoms with Crippen molar-refractivity contribution in [2.75, 3.05) is 0 Å². The number of rotatable bonds is 1. The topological polar surface area (TPSA) is 52.3 Å². The van der Waals surface area contributed by atoms with Crippen molar-refractivity contribution < 1.29 is 9.53 Å². The van der Waals surface area contributed by atoms with Gasteiger partial charge in [0.2, 0.25) is 0 Å². The molecule has 0 aliphatic rings. The summed E-state index contributed by atoms with van der Waals surface area (Å²) in [4.78, 5) is 10.5. The van der Waals surface area contributed by atoms with E-state index in [-0.39, 0.29) is 5.05 Å². The van der Waals surface area contributed by atoms with Crippen LogP contribution >= 0.6 is 12.2 Å². The van der Waals surface area contributed by atoms with Gasteiger partial charge in [-0.3, -0.25) is 4.79 Å². The molecule has 1 rings (SSSR count). The van der Waals surface area contributed by atoms with Crippen molar-refractivity contribution in [1.82, 2.24) is 0 Å². The zero-order chi connectivity index (χ0) is 8.97. The number of para-hydroxylation sites is 1. The Hall–Kier alpha value is -1.42. The van der Waals surface area contributed by atoms with Crippen LogP contribution in [0.2, 0.25) is 0 Å². The van der Waals surface area contributed by atoms with Crippen molar-refractivity contribution in [2.45, 2.75) is 0 Å². The van der Waals surface area contributed by atoms with Gasteiger partial charge in [-0.15, -0.1) is 0 Å². The molecule has 0 aromatic heterocycles. The second-order valence-electron chi connectivity index (χ2n) is 2.07. The highest BCUT2D eigenvalue weighted by Crippen LogP contribution is 2.08. The molecule has 1 amide bonds. The Labute approximate surface area is 75.1 Å². The summed E-state index contributed by atoms with van der Waals surface area (Å²) in [5.41, 5.74) is 4.88. The molecular formula is C8H7NO2S. The van der Waals surface area contributed by atoms with E-state index in [4.69, 9.17) is 10.5 Å². The third-order valence-corrected chi connectivity index (χ3v) is 1.44. The molecule has 2 N–H and O–H groups in total. The Morgan fingerprint density at radius 1 is 1.33 bits per heavy atom. The lowest BCUT2D eigenvalue weighted by Crippen LogP contribution is -2.25. The highest BCUT2D eigenvalue weighted by atomic mass is 32.1. The maximum atomic E-state index is 10.5. The molecule has 0 heterocycles. The molecule has 12 heavy (non-hydrogen) atoms. The van der Waals surface area contributed by atoms with Gasteiger partial charge < -0.3 is 10.5 Å². The van der Waals surface area contributed by atoms with E-state index in [0.717, 1.165) is 0 Å². The molecule has 0 aliphatic heterocycles. The van der Waals surface area contributed by atoms with Gasteiger partial charge >= 0.3 is 0 Å². The van der Waals surface area contributed by atoms with E-state index in [1.54, 1.807) is 24.3 Å². The molecule has 62 valence electrons. The standard InChI is InChI=1S/C8H7NO2S/c9-7(10)8(12)11-6-4-2-1-3-5-6/h1-5H,(H2,9,10). The molecule has 0 radical (unpaired) electrons. The molecule has 0 spiro atoms. The van der Waals surface area contributed by atoms with Crippen LogP contribution in [0.4, 0.5) is 0 Å². The van der Waals surface area contributed by atoms with E-state index in [1.807, 2.05) is 6.07 Å². The second-order valence-corrected chi connectivity index (χ2v) is 2.44. The zero-order valence-electron chi connectivity index (χ0n) is 6.19. The summed E-state index contributed by atoms with van der Waals surface area (Å²) >= 11 is 4.56. The Balaban J connectivity index is 2.65.